The van der Waals surface area contributed by atoms with Gasteiger partial charge in [0.2, 0.25) is 11.8 Å². The van der Waals surface area contributed by atoms with E-state index in [4.69, 9.17) is 5.73 Å². The first-order valence-corrected chi connectivity index (χ1v) is 7.35. The lowest BCUT2D eigenvalue weighted by atomic mass is 9.95. The van der Waals surface area contributed by atoms with Gasteiger partial charge in [0.15, 0.2) is 0 Å². The number of nitrogens with one attached hydrogen (secondary N) is 1. The molecule has 1 saturated carbocycles. The summed E-state index contributed by atoms with van der Waals surface area (Å²) in [5, 5.41) is 2.86. The minimum Gasteiger partial charge on any atom is -0.356 e. The molecule has 1 heterocycles. The van der Waals surface area contributed by atoms with Crippen LogP contribution in [0.15, 0.2) is 0 Å². The summed E-state index contributed by atoms with van der Waals surface area (Å²) >= 11 is 0. The number of carbonyl (C=O) groups is 2. The molecule has 5 heteroatoms. The quantitative estimate of drug-likeness (QED) is 0.781. The largest absolute Gasteiger partial charge is 0.356 e. The Bertz CT molecular complexity index is 338. The van der Waals surface area contributed by atoms with Gasteiger partial charge in [0.1, 0.15) is 0 Å². The molecule has 2 unspecified atom stereocenters. The van der Waals surface area contributed by atoms with Crippen LogP contribution in [0.5, 0.6) is 0 Å². The van der Waals surface area contributed by atoms with Gasteiger partial charge in [0.05, 0.1) is 0 Å². The summed E-state index contributed by atoms with van der Waals surface area (Å²) in [5.41, 5.74) is 5.87. The van der Waals surface area contributed by atoms with Crippen LogP contribution in [0.1, 0.15) is 39.0 Å². The Morgan fingerprint density at radius 1 is 1.21 bits per heavy atom. The molecular weight excluding hydrogens is 242 g/mol. The van der Waals surface area contributed by atoms with Gasteiger partial charge in [0.25, 0.3) is 0 Å². The van der Waals surface area contributed by atoms with Crippen LogP contribution in [0.3, 0.4) is 0 Å². The summed E-state index contributed by atoms with van der Waals surface area (Å²) in [7, 11) is 0. The van der Waals surface area contributed by atoms with Crippen molar-refractivity contribution in [3.05, 3.63) is 0 Å². The summed E-state index contributed by atoms with van der Waals surface area (Å²) in [4.78, 5) is 25.2. The third-order valence-electron chi connectivity index (χ3n) is 4.39. The van der Waals surface area contributed by atoms with Crippen molar-refractivity contribution in [3.8, 4) is 0 Å². The van der Waals surface area contributed by atoms with Gasteiger partial charge >= 0.3 is 0 Å². The maximum Gasteiger partial charge on any atom is 0.225 e. The Morgan fingerprint density at radius 3 is 2.42 bits per heavy atom. The average Bonchev–Trinajstić information content (AvgIpc) is 2.83. The molecule has 2 rings (SSSR count). The van der Waals surface area contributed by atoms with Crippen LogP contribution < -0.4 is 11.1 Å². The van der Waals surface area contributed by atoms with E-state index >= 15 is 0 Å². The highest BCUT2D eigenvalue weighted by Gasteiger charge is 2.32. The van der Waals surface area contributed by atoms with E-state index in [1.54, 1.807) is 6.92 Å². The molecule has 0 aromatic heterocycles. The lowest BCUT2D eigenvalue weighted by Crippen LogP contribution is -2.43. The molecular formula is C14H25N3O2. The highest BCUT2D eigenvalue weighted by atomic mass is 16.2. The zero-order valence-electron chi connectivity index (χ0n) is 11.7. The Kier molecular flexibility index (Phi) is 4.80. The van der Waals surface area contributed by atoms with Crippen molar-refractivity contribution in [3.63, 3.8) is 0 Å². The number of hydrogen-bond donors (Lipinski definition) is 2. The number of amides is 2. The normalized spacial score (nSPS) is 28.4. The van der Waals surface area contributed by atoms with Crippen molar-refractivity contribution in [2.45, 2.75) is 45.1 Å². The van der Waals surface area contributed by atoms with E-state index in [1.807, 2.05) is 4.90 Å². The van der Waals surface area contributed by atoms with E-state index < -0.39 is 0 Å². The minimum absolute atomic E-state index is 0.0263. The second-order valence-corrected chi connectivity index (χ2v) is 5.98. The highest BCUT2D eigenvalue weighted by Crippen LogP contribution is 2.27. The molecule has 108 valence electrons. The first-order valence-electron chi connectivity index (χ1n) is 7.35. The minimum atomic E-state index is 0.0263. The molecule has 1 aliphatic heterocycles. The van der Waals surface area contributed by atoms with Gasteiger partial charge in [-0.25, -0.2) is 0 Å². The molecule has 3 N–H and O–H groups in total. The Hall–Kier alpha value is -1.10. The van der Waals surface area contributed by atoms with E-state index in [0.717, 1.165) is 51.7 Å². The number of nitrogens with zero attached hydrogens (tertiary/aromatic N) is 1. The number of rotatable bonds is 3. The molecule has 2 amide bonds. The Balaban J connectivity index is 1.73. The van der Waals surface area contributed by atoms with Crippen LogP contribution in [-0.2, 0) is 9.59 Å². The highest BCUT2D eigenvalue weighted by molar-refractivity contribution is 5.79. The van der Waals surface area contributed by atoms with Crippen LogP contribution in [0.4, 0.5) is 0 Å². The lowest BCUT2D eigenvalue weighted by Gasteiger charge is -2.33. The van der Waals surface area contributed by atoms with E-state index in [2.05, 4.69) is 5.32 Å². The van der Waals surface area contributed by atoms with Crippen molar-refractivity contribution < 1.29 is 9.59 Å². The molecule has 0 spiro atoms. The van der Waals surface area contributed by atoms with Gasteiger partial charge < -0.3 is 16.0 Å². The van der Waals surface area contributed by atoms with E-state index in [9.17, 15) is 9.59 Å². The molecule has 0 aromatic rings. The fourth-order valence-electron chi connectivity index (χ4n) is 3.14. The summed E-state index contributed by atoms with van der Waals surface area (Å²) in [6, 6.07) is 0.214. The summed E-state index contributed by atoms with van der Waals surface area (Å²) in [6.07, 6.45) is 4.77. The smallest absolute Gasteiger partial charge is 0.225 e. The number of nitrogens with two attached hydrogens (primary N) is 1. The first kappa shape index (κ1) is 14.3. The second kappa shape index (κ2) is 6.37. The molecule has 1 aliphatic carbocycles. The van der Waals surface area contributed by atoms with Crippen molar-refractivity contribution in [1.82, 2.24) is 10.2 Å². The standard InChI is InChI=1S/C14H25N3O2/c1-10(18)16-9-11-4-6-17(7-5-11)14(19)12-2-3-13(15)8-12/h11-13H,2-9,15H2,1H3,(H,16,18). The van der Waals surface area contributed by atoms with Crippen molar-refractivity contribution in [2.24, 2.45) is 17.6 Å². The molecule has 2 aliphatic rings. The van der Waals surface area contributed by atoms with Crippen molar-refractivity contribution >= 4 is 11.8 Å². The number of hydrogen-bond acceptors (Lipinski definition) is 3. The zero-order valence-corrected chi connectivity index (χ0v) is 11.7. The van der Waals surface area contributed by atoms with Crippen molar-refractivity contribution in [2.75, 3.05) is 19.6 Å². The lowest BCUT2D eigenvalue weighted by molar-refractivity contribution is -0.137. The molecule has 2 atom stereocenters. The van der Waals surface area contributed by atoms with Gasteiger partial charge in [-0.15, -0.1) is 0 Å². The van der Waals surface area contributed by atoms with Crippen LogP contribution >= 0.6 is 0 Å². The first-order chi connectivity index (χ1) is 9.06. The van der Waals surface area contributed by atoms with Crippen LogP contribution in [0, 0.1) is 11.8 Å². The van der Waals surface area contributed by atoms with Gasteiger partial charge in [-0.3, -0.25) is 9.59 Å². The molecule has 2 fully saturated rings. The van der Waals surface area contributed by atoms with E-state index in [1.165, 1.54) is 0 Å². The maximum atomic E-state index is 12.3. The van der Waals surface area contributed by atoms with E-state index in [0.29, 0.717) is 11.8 Å². The third-order valence-corrected chi connectivity index (χ3v) is 4.39. The van der Waals surface area contributed by atoms with Crippen LogP contribution in [-0.4, -0.2) is 42.4 Å². The number of piperidine rings is 1. The van der Waals surface area contributed by atoms with Gasteiger partial charge in [0, 0.05) is 38.5 Å². The van der Waals surface area contributed by atoms with Crippen LogP contribution in [0.2, 0.25) is 0 Å². The SMILES string of the molecule is CC(=O)NCC1CCN(C(=O)C2CCC(N)C2)CC1. The third kappa shape index (κ3) is 3.93. The maximum absolute atomic E-state index is 12.3. The molecule has 19 heavy (non-hydrogen) atoms. The predicted octanol–water partition coefficient (Wildman–Crippen LogP) is 0.489. The van der Waals surface area contributed by atoms with Crippen LogP contribution in [0.25, 0.3) is 0 Å². The summed E-state index contributed by atoms with van der Waals surface area (Å²) < 4.78 is 0. The molecule has 5 nitrogen and oxygen atoms in total. The fraction of sp³-hybridized carbons (Fsp3) is 0.857. The summed E-state index contributed by atoms with van der Waals surface area (Å²) in [6.45, 7) is 3.94. The fourth-order valence-corrected chi connectivity index (χ4v) is 3.14. The summed E-state index contributed by atoms with van der Waals surface area (Å²) in [5.74, 6) is 0.991. The Morgan fingerprint density at radius 2 is 1.89 bits per heavy atom. The topological polar surface area (TPSA) is 75.4 Å². The zero-order chi connectivity index (χ0) is 13.8. The molecule has 0 aromatic carbocycles. The number of carbonyl (C=O) groups excluding carboxylic acids is 2. The Labute approximate surface area is 114 Å². The van der Waals surface area contributed by atoms with Gasteiger partial charge in [-0.05, 0) is 38.0 Å². The average molecular weight is 267 g/mol. The number of likely N-dealkylation sites (tertiary alicyclic amines) is 1. The monoisotopic (exact) mass is 267 g/mol. The molecule has 0 bridgehead atoms. The van der Waals surface area contributed by atoms with Crippen molar-refractivity contribution in [1.29, 1.82) is 0 Å². The molecule has 1 saturated heterocycles. The molecule has 0 radical (unpaired) electrons. The second-order valence-electron chi connectivity index (χ2n) is 5.98. The predicted molar refractivity (Wildman–Crippen MR) is 73.3 cm³/mol. The van der Waals surface area contributed by atoms with E-state index in [-0.39, 0.29) is 17.9 Å². The van der Waals surface area contributed by atoms with Gasteiger partial charge in [-0.1, -0.05) is 0 Å². The van der Waals surface area contributed by atoms with Gasteiger partial charge in [-0.2, -0.15) is 0 Å².